The van der Waals surface area contributed by atoms with Crippen LogP contribution in [0, 0.1) is 0 Å². The number of rotatable bonds is 0. The highest BCUT2D eigenvalue weighted by Gasteiger charge is 2.48. The van der Waals surface area contributed by atoms with E-state index in [9.17, 15) is 4.57 Å². The summed E-state index contributed by atoms with van der Waals surface area (Å²) in [6.45, 7) is 0. The maximum Gasteiger partial charge on any atom is 0.373 e. The number of hydrogen-bond donors (Lipinski definition) is 2. The standard InChI is InChI=1S/CH4NO3P/c2-1-5-6(1,3)4/h1H,2H2,(H,3,4). The first kappa shape index (κ1) is 4.27. The molecular formula is CH4NO3P. The van der Waals surface area contributed by atoms with Gasteiger partial charge >= 0.3 is 7.60 Å². The van der Waals surface area contributed by atoms with E-state index in [1.807, 2.05) is 0 Å². The minimum absolute atomic E-state index is 0.891. The lowest BCUT2D eigenvalue weighted by Gasteiger charge is -1.65. The van der Waals surface area contributed by atoms with Crippen molar-refractivity contribution in [2.75, 3.05) is 0 Å². The molecule has 0 aromatic heterocycles. The van der Waals surface area contributed by atoms with Crippen molar-refractivity contribution < 1.29 is 14.0 Å². The van der Waals surface area contributed by atoms with Crippen LogP contribution in [0.15, 0.2) is 0 Å². The topological polar surface area (TPSA) is 75.8 Å². The molecule has 1 aliphatic rings. The van der Waals surface area contributed by atoms with Crippen molar-refractivity contribution in [2.24, 2.45) is 5.73 Å². The first-order chi connectivity index (χ1) is 2.63. The Morgan fingerprint density at radius 1 is 2.00 bits per heavy atom. The summed E-state index contributed by atoms with van der Waals surface area (Å²) in [5.41, 5.74) is 4.76. The van der Waals surface area contributed by atoms with E-state index in [1.165, 1.54) is 0 Å². The zero-order valence-electron chi connectivity index (χ0n) is 2.87. The SMILES string of the molecule is NC1OP1(=O)O. The average molecular weight is 109 g/mol. The van der Waals surface area contributed by atoms with Gasteiger partial charge in [-0.15, -0.1) is 0 Å². The summed E-state index contributed by atoms with van der Waals surface area (Å²) in [5.74, 6) is -0.891. The lowest BCUT2D eigenvalue weighted by atomic mass is 11.4. The Morgan fingerprint density at radius 3 is 2.17 bits per heavy atom. The molecule has 5 heteroatoms. The van der Waals surface area contributed by atoms with E-state index in [0.29, 0.717) is 0 Å². The molecule has 0 aliphatic carbocycles. The van der Waals surface area contributed by atoms with Crippen LogP contribution in [0.3, 0.4) is 0 Å². The third-order valence-corrected chi connectivity index (χ3v) is 1.60. The predicted octanol–water partition coefficient (Wildman–Crippen LogP) is -0.556. The molecule has 0 saturated carbocycles. The molecule has 0 aromatic rings. The van der Waals surface area contributed by atoms with Crippen LogP contribution in [0.2, 0.25) is 0 Å². The molecule has 2 atom stereocenters. The van der Waals surface area contributed by atoms with E-state index in [1.54, 1.807) is 0 Å². The van der Waals surface area contributed by atoms with Crippen LogP contribution in [-0.4, -0.2) is 10.9 Å². The molecule has 6 heavy (non-hydrogen) atoms. The Balaban J connectivity index is 2.64. The van der Waals surface area contributed by atoms with Crippen molar-refractivity contribution in [1.29, 1.82) is 0 Å². The van der Waals surface area contributed by atoms with Crippen LogP contribution in [0.25, 0.3) is 0 Å². The average Bonchev–Trinajstić information content (AvgIpc) is 1.73. The van der Waals surface area contributed by atoms with Crippen LogP contribution in [0.1, 0.15) is 0 Å². The van der Waals surface area contributed by atoms with Gasteiger partial charge in [-0.2, -0.15) is 0 Å². The van der Waals surface area contributed by atoms with E-state index in [-0.39, 0.29) is 0 Å². The fraction of sp³-hybridized carbons (Fsp3) is 1.00. The highest BCUT2D eigenvalue weighted by Crippen LogP contribution is 2.62. The molecule has 1 fully saturated rings. The summed E-state index contributed by atoms with van der Waals surface area (Å²) < 4.78 is 13.9. The Morgan fingerprint density at radius 2 is 2.17 bits per heavy atom. The van der Waals surface area contributed by atoms with Gasteiger partial charge < -0.3 is 4.89 Å². The molecule has 0 aromatic carbocycles. The van der Waals surface area contributed by atoms with Gasteiger partial charge in [-0.25, -0.2) is 0 Å². The predicted molar refractivity (Wildman–Crippen MR) is 18.9 cm³/mol. The van der Waals surface area contributed by atoms with Gasteiger partial charge in [0, 0.05) is 0 Å². The third kappa shape index (κ3) is 0.479. The van der Waals surface area contributed by atoms with Gasteiger partial charge in [-0.1, -0.05) is 0 Å². The highest BCUT2D eigenvalue weighted by atomic mass is 31.2. The second-order valence-corrected chi connectivity index (χ2v) is 2.91. The fourth-order valence-corrected chi connectivity index (χ4v) is 0.625. The first-order valence-electron chi connectivity index (χ1n) is 1.39. The molecule has 3 N–H and O–H groups in total. The first-order valence-corrected chi connectivity index (χ1v) is 3.04. The van der Waals surface area contributed by atoms with Gasteiger partial charge in [0.15, 0.2) is 0 Å². The summed E-state index contributed by atoms with van der Waals surface area (Å²) >= 11 is 0. The quantitative estimate of drug-likeness (QED) is 0.323. The van der Waals surface area contributed by atoms with Gasteiger partial charge in [0.2, 0.25) is 5.97 Å². The zero-order chi connectivity index (χ0) is 4.78. The molecule has 36 valence electrons. The lowest BCUT2D eigenvalue weighted by Crippen LogP contribution is -1.96. The Hall–Kier alpha value is 0.110. The second kappa shape index (κ2) is 0.845. The molecular weight excluding hydrogens is 105 g/mol. The summed E-state index contributed by atoms with van der Waals surface area (Å²) in [6, 6.07) is 0. The second-order valence-electron chi connectivity index (χ2n) is 1.06. The Labute approximate surface area is 34.4 Å². The van der Waals surface area contributed by atoms with E-state index < -0.39 is 13.6 Å². The van der Waals surface area contributed by atoms with Crippen molar-refractivity contribution in [3.63, 3.8) is 0 Å². The zero-order valence-corrected chi connectivity index (χ0v) is 3.76. The Kier molecular flexibility index (Phi) is 0.602. The van der Waals surface area contributed by atoms with E-state index in [0.717, 1.165) is 0 Å². The number of nitrogens with two attached hydrogens (primary N) is 1. The highest BCUT2D eigenvalue weighted by molar-refractivity contribution is 7.59. The largest absolute Gasteiger partial charge is 0.373 e. The molecule has 4 nitrogen and oxygen atoms in total. The minimum atomic E-state index is -3.20. The van der Waals surface area contributed by atoms with Gasteiger partial charge in [0.25, 0.3) is 0 Å². The fourth-order valence-electron chi connectivity index (χ4n) is 0.128. The van der Waals surface area contributed by atoms with Crippen molar-refractivity contribution in [3.05, 3.63) is 0 Å². The van der Waals surface area contributed by atoms with Crippen LogP contribution < -0.4 is 5.73 Å². The maximum absolute atomic E-state index is 9.87. The monoisotopic (exact) mass is 109 g/mol. The van der Waals surface area contributed by atoms with Crippen LogP contribution in [-0.2, 0) is 9.09 Å². The van der Waals surface area contributed by atoms with E-state index in [2.05, 4.69) is 4.52 Å². The van der Waals surface area contributed by atoms with E-state index >= 15 is 0 Å². The molecule has 1 heterocycles. The van der Waals surface area contributed by atoms with Crippen molar-refractivity contribution >= 4 is 7.60 Å². The van der Waals surface area contributed by atoms with Gasteiger partial charge in [-0.05, 0) is 0 Å². The molecule has 2 unspecified atom stereocenters. The molecule has 1 aliphatic heterocycles. The molecule has 1 rings (SSSR count). The summed E-state index contributed by atoms with van der Waals surface area (Å²) in [4.78, 5) is 8.11. The van der Waals surface area contributed by atoms with Gasteiger partial charge in [0.1, 0.15) is 0 Å². The summed E-state index contributed by atoms with van der Waals surface area (Å²) in [7, 11) is -3.20. The van der Waals surface area contributed by atoms with E-state index in [4.69, 9.17) is 10.6 Å². The normalized spacial score (nSPS) is 55.3. The van der Waals surface area contributed by atoms with Crippen molar-refractivity contribution in [1.82, 2.24) is 0 Å². The van der Waals surface area contributed by atoms with Crippen LogP contribution in [0.4, 0.5) is 0 Å². The van der Waals surface area contributed by atoms with Crippen LogP contribution >= 0.6 is 7.60 Å². The van der Waals surface area contributed by atoms with Crippen molar-refractivity contribution in [3.8, 4) is 0 Å². The maximum atomic E-state index is 9.87. The molecule has 0 amide bonds. The molecule has 0 bridgehead atoms. The van der Waals surface area contributed by atoms with Gasteiger partial charge in [0.05, 0.1) is 0 Å². The Bertz CT molecular complexity index is 111. The number of hydrogen-bond acceptors (Lipinski definition) is 3. The summed E-state index contributed by atoms with van der Waals surface area (Å²) in [5, 5.41) is 0. The van der Waals surface area contributed by atoms with Crippen molar-refractivity contribution in [2.45, 2.75) is 5.97 Å². The summed E-state index contributed by atoms with van der Waals surface area (Å²) in [6.07, 6.45) is 0. The van der Waals surface area contributed by atoms with Gasteiger partial charge in [-0.3, -0.25) is 14.8 Å². The molecule has 1 saturated heterocycles. The minimum Gasteiger partial charge on any atom is -0.321 e. The third-order valence-electron chi connectivity index (χ3n) is 0.535. The lowest BCUT2D eigenvalue weighted by molar-refractivity contribution is 0.412. The molecule has 0 spiro atoms. The smallest absolute Gasteiger partial charge is 0.321 e. The van der Waals surface area contributed by atoms with Crippen LogP contribution in [0.5, 0.6) is 0 Å². The molecule has 0 radical (unpaired) electrons.